The molecule has 2 rings (SSSR count). The molecular weight excluding hydrogens is 252 g/mol. The summed E-state index contributed by atoms with van der Waals surface area (Å²) in [6.07, 6.45) is 4.02. The second-order valence-electron chi connectivity index (χ2n) is 5.00. The lowest BCUT2D eigenvalue weighted by atomic mass is 9.97. The highest BCUT2D eigenvalue weighted by atomic mass is 32.1. The molecule has 1 unspecified atom stereocenters. The average molecular weight is 274 g/mol. The van der Waals surface area contributed by atoms with Crippen LogP contribution in [0.15, 0.2) is 29.8 Å². The Morgan fingerprint density at radius 2 is 2.16 bits per heavy atom. The van der Waals surface area contributed by atoms with E-state index in [1.165, 1.54) is 21.7 Å². The Hall–Kier alpha value is -1.19. The average Bonchev–Trinajstić information content (AvgIpc) is 2.90. The molecule has 1 atom stereocenters. The highest BCUT2D eigenvalue weighted by Crippen LogP contribution is 2.24. The predicted molar refractivity (Wildman–Crippen MR) is 82.8 cm³/mol. The number of nitrogens with one attached hydrogen (secondary N) is 1. The Morgan fingerprint density at radius 3 is 2.84 bits per heavy atom. The van der Waals surface area contributed by atoms with Gasteiger partial charge in [0.25, 0.3) is 0 Å². The van der Waals surface area contributed by atoms with E-state index in [9.17, 15) is 0 Å². The molecule has 0 radical (unpaired) electrons. The fraction of sp³-hybridized carbons (Fsp3) is 0.438. The smallest absolute Gasteiger partial charge is 0.0943 e. The molecule has 2 aromatic rings. The van der Waals surface area contributed by atoms with Gasteiger partial charge >= 0.3 is 0 Å². The maximum absolute atomic E-state index is 4.42. The lowest BCUT2D eigenvalue weighted by molar-refractivity contribution is 0.526. The van der Waals surface area contributed by atoms with Crippen molar-refractivity contribution in [3.8, 4) is 0 Å². The number of hydrogen-bond donors (Lipinski definition) is 1. The third-order valence-corrected chi connectivity index (χ3v) is 4.12. The minimum Gasteiger partial charge on any atom is -0.310 e. The van der Waals surface area contributed by atoms with Crippen LogP contribution in [0.2, 0.25) is 0 Å². The molecule has 19 heavy (non-hydrogen) atoms. The summed E-state index contributed by atoms with van der Waals surface area (Å²) in [5.74, 6) is 0. The molecule has 3 heteroatoms. The maximum Gasteiger partial charge on any atom is 0.0943 e. The van der Waals surface area contributed by atoms with Gasteiger partial charge in [-0.25, -0.2) is 4.98 Å². The molecular formula is C16H22N2S. The number of benzene rings is 1. The van der Waals surface area contributed by atoms with Crippen molar-refractivity contribution in [1.82, 2.24) is 10.3 Å². The molecule has 0 saturated heterocycles. The van der Waals surface area contributed by atoms with Crippen LogP contribution in [0.3, 0.4) is 0 Å². The molecule has 0 aliphatic heterocycles. The number of thiazole rings is 1. The van der Waals surface area contributed by atoms with Crippen LogP contribution in [-0.2, 0) is 6.42 Å². The van der Waals surface area contributed by atoms with Crippen molar-refractivity contribution < 1.29 is 0 Å². The summed E-state index contributed by atoms with van der Waals surface area (Å²) < 4.78 is 0. The third kappa shape index (κ3) is 3.88. The van der Waals surface area contributed by atoms with Crippen molar-refractivity contribution >= 4 is 11.3 Å². The highest BCUT2D eigenvalue weighted by molar-refractivity contribution is 7.09. The first-order valence-corrected chi connectivity index (χ1v) is 7.77. The Balaban J connectivity index is 2.23. The van der Waals surface area contributed by atoms with Crippen LogP contribution in [0.1, 0.15) is 41.1 Å². The van der Waals surface area contributed by atoms with Gasteiger partial charge in [-0.3, -0.25) is 0 Å². The van der Waals surface area contributed by atoms with Gasteiger partial charge in [0.15, 0.2) is 0 Å². The van der Waals surface area contributed by atoms with E-state index in [2.05, 4.69) is 54.7 Å². The molecule has 102 valence electrons. The van der Waals surface area contributed by atoms with E-state index in [0.717, 1.165) is 19.4 Å². The van der Waals surface area contributed by atoms with E-state index in [0.29, 0.717) is 6.04 Å². The Bertz CT molecular complexity index is 505. The number of nitrogens with zero attached hydrogens (tertiary/aromatic N) is 1. The van der Waals surface area contributed by atoms with Gasteiger partial charge < -0.3 is 5.32 Å². The molecule has 1 aromatic heterocycles. The molecule has 0 amide bonds. The first-order valence-electron chi connectivity index (χ1n) is 6.89. The Labute approximate surface area is 119 Å². The van der Waals surface area contributed by atoms with Crippen molar-refractivity contribution in [2.45, 2.75) is 39.7 Å². The fourth-order valence-corrected chi connectivity index (χ4v) is 2.94. The molecule has 1 heterocycles. The number of aryl methyl sites for hydroxylation is 2. The van der Waals surface area contributed by atoms with E-state index >= 15 is 0 Å². The Morgan fingerprint density at radius 1 is 1.32 bits per heavy atom. The molecule has 0 spiro atoms. The maximum atomic E-state index is 4.42. The van der Waals surface area contributed by atoms with Crippen LogP contribution in [0, 0.1) is 13.8 Å². The molecule has 1 N–H and O–H groups in total. The first-order chi connectivity index (χ1) is 9.20. The summed E-state index contributed by atoms with van der Waals surface area (Å²) in [4.78, 5) is 4.42. The largest absolute Gasteiger partial charge is 0.310 e. The predicted octanol–water partition coefficient (Wildman–Crippen LogP) is 4.04. The van der Waals surface area contributed by atoms with Crippen molar-refractivity contribution in [3.05, 3.63) is 51.5 Å². The lowest BCUT2D eigenvalue weighted by Gasteiger charge is -2.20. The standard InChI is InChI=1S/C16H22N2S/c1-4-7-17-15(11-16-18-8-9-19-16)14-10-12(2)5-6-13(14)3/h5-6,8-10,15,17H,4,7,11H2,1-3H3. The molecule has 1 aromatic carbocycles. The van der Waals surface area contributed by atoms with Gasteiger partial charge in [0.1, 0.15) is 0 Å². The van der Waals surface area contributed by atoms with Gasteiger partial charge in [-0.15, -0.1) is 11.3 Å². The highest BCUT2D eigenvalue weighted by Gasteiger charge is 2.15. The normalized spacial score (nSPS) is 12.6. The van der Waals surface area contributed by atoms with E-state index in [1.807, 2.05) is 6.20 Å². The summed E-state index contributed by atoms with van der Waals surface area (Å²) in [6, 6.07) is 7.06. The van der Waals surface area contributed by atoms with E-state index in [-0.39, 0.29) is 0 Å². The first kappa shape index (κ1) is 14.2. The van der Waals surface area contributed by atoms with Gasteiger partial charge in [0, 0.05) is 24.0 Å². The second kappa shape index (κ2) is 6.83. The van der Waals surface area contributed by atoms with Crippen LogP contribution in [-0.4, -0.2) is 11.5 Å². The van der Waals surface area contributed by atoms with Crippen molar-refractivity contribution in [2.75, 3.05) is 6.54 Å². The van der Waals surface area contributed by atoms with E-state index in [4.69, 9.17) is 0 Å². The molecule has 0 fully saturated rings. The van der Waals surface area contributed by atoms with Crippen LogP contribution in [0.4, 0.5) is 0 Å². The zero-order valence-electron chi connectivity index (χ0n) is 11.9. The summed E-state index contributed by atoms with van der Waals surface area (Å²) in [5.41, 5.74) is 4.09. The minimum atomic E-state index is 0.367. The van der Waals surface area contributed by atoms with Gasteiger partial charge in [0.05, 0.1) is 5.01 Å². The van der Waals surface area contributed by atoms with Crippen molar-refractivity contribution in [3.63, 3.8) is 0 Å². The third-order valence-electron chi connectivity index (χ3n) is 3.31. The van der Waals surface area contributed by atoms with Gasteiger partial charge in [-0.05, 0) is 37.9 Å². The van der Waals surface area contributed by atoms with Gasteiger partial charge in [0.2, 0.25) is 0 Å². The van der Waals surface area contributed by atoms with Crippen LogP contribution >= 0.6 is 11.3 Å². The number of hydrogen-bond acceptors (Lipinski definition) is 3. The SMILES string of the molecule is CCCNC(Cc1nccs1)c1cc(C)ccc1C. The monoisotopic (exact) mass is 274 g/mol. The van der Waals surface area contributed by atoms with Gasteiger partial charge in [-0.1, -0.05) is 30.7 Å². The second-order valence-corrected chi connectivity index (χ2v) is 5.98. The summed E-state index contributed by atoms with van der Waals surface area (Å²) in [5, 5.41) is 6.91. The minimum absolute atomic E-state index is 0.367. The van der Waals surface area contributed by atoms with Crippen LogP contribution in [0.25, 0.3) is 0 Å². The molecule has 0 aliphatic carbocycles. The summed E-state index contributed by atoms with van der Waals surface area (Å²) >= 11 is 1.74. The van der Waals surface area contributed by atoms with Crippen molar-refractivity contribution in [2.24, 2.45) is 0 Å². The van der Waals surface area contributed by atoms with Gasteiger partial charge in [-0.2, -0.15) is 0 Å². The summed E-state index contributed by atoms with van der Waals surface area (Å²) in [6.45, 7) is 7.60. The molecule has 2 nitrogen and oxygen atoms in total. The topological polar surface area (TPSA) is 24.9 Å². The molecule has 0 bridgehead atoms. The van der Waals surface area contributed by atoms with Crippen molar-refractivity contribution in [1.29, 1.82) is 0 Å². The van der Waals surface area contributed by atoms with E-state index < -0.39 is 0 Å². The summed E-state index contributed by atoms with van der Waals surface area (Å²) in [7, 11) is 0. The zero-order valence-corrected chi connectivity index (χ0v) is 12.8. The number of rotatable bonds is 6. The quantitative estimate of drug-likeness (QED) is 0.860. The van der Waals surface area contributed by atoms with Crippen LogP contribution in [0.5, 0.6) is 0 Å². The molecule has 0 aliphatic rings. The zero-order chi connectivity index (χ0) is 13.7. The fourth-order valence-electron chi connectivity index (χ4n) is 2.27. The van der Waals surface area contributed by atoms with E-state index in [1.54, 1.807) is 11.3 Å². The lowest BCUT2D eigenvalue weighted by Crippen LogP contribution is -2.24. The number of aromatic nitrogens is 1. The Kier molecular flexibility index (Phi) is 5.11. The molecule has 0 saturated carbocycles. The van der Waals surface area contributed by atoms with Crippen LogP contribution < -0.4 is 5.32 Å².